The quantitative estimate of drug-likeness (QED) is 0.425. The molecule has 0 aromatic carbocycles. The first-order valence-electron chi connectivity index (χ1n) is 6.96. The second-order valence-corrected chi connectivity index (χ2v) is 6.02. The van der Waals surface area contributed by atoms with E-state index in [9.17, 15) is 14.4 Å². The number of unbranched alkanes of at least 4 members (excludes halogenated alkanes) is 2. The summed E-state index contributed by atoms with van der Waals surface area (Å²) in [5.74, 6) is -0.648. The van der Waals surface area contributed by atoms with Crippen molar-refractivity contribution in [1.29, 1.82) is 0 Å². The van der Waals surface area contributed by atoms with Crippen molar-refractivity contribution in [3.05, 3.63) is 11.6 Å². The van der Waals surface area contributed by atoms with E-state index in [4.69, 9.17) is 4.74 Å². The van der Waals surface area contributed by atoms with Crippen molar-refractivity contribution in [3.8, 4) is 0 Å². The lowest BCUT2D eigenvalue weighted by Gasteiger charge is -2.19. The average Bonchev–Trinajstić information content (AvgIpc) is 2.52. The van der Waals surface area contributed by atoms with Crippen LogP contribution in [0.3, 0.4) is 0 Å². The molecule has 0 spiro atoms. The van der Waals surface area contributed by atoms with E-state index in [1.54, 1.807) is 6.92 Å². The Morgan fingerprint density at radius 3 is 2.35 bits per heavy atom. The van der Waals surface area contributed by atoms with Crippen molar-refractivity contribution in [3.63, 3.8) is 0 Å². The summed E-state index contributed by atoms with van der Waals surface area (Å²) in [7, 11) is 0. The standard InChI is InChI=1S/C15H23NO4/c1-11-10-12(17)16(14(11)19)9-7-5-6-8-13(18)20-15(2,3)4/h10H,5-9H2,1-4H3. The van der Waals surface area contributed by atoms with Crippen LogP contribution in [0.2, 0.25) is 0 Å². The first-order chi connectivity index (χ1) is 9.20. The Bertz CT molecular complexity index is 432. The van der Waals surface area contributed by atoms with Gasteiger partial charge in [0.1, 0.15) is 5.60 Å². The van der Waals surface area contributed by atoms with E-state index >= 15 is 0 Å². The molecule has 0 radical (unpaired) electrons. The fourth-order valence-corrected chi connectivity index (χ4v) is 1.96. The van der Waals surface area contributed by atoms with Crippen molar-refractivity contribution < 1.29 is 19.1 Å². The molecule has 0 aliphatic carbocycles. The van der Waals surface area contributed by atoms with E-state index in [0.29, 0.717) is 31.4 Å². The lowest BCUT2D eigenvalue weighted by Crippen LogP contribution is -2.31. The predicted octanol–water partition coefficient (Wildman–Crippen LogP) is 2.20. The predicted molar refractivity (Wildman–Crippen MR) is 74.8 cm³/mol. The van der Waals surface area contributed by atoms with E-state index in [1.165, 1.54) is 11.0 Å². The van der Waals surface area contributed by atoms with E-state index in [-0.39, 0.29) is 17.8 Å². The minimum atomic E-state index is -0.450. The lowest BCUT2D eigenvalue weighted by atomic mass is 10.1. The summed E-state index contributed by atoms with van der Waals surface area (Å²) in [5, 5.41) is 0. The van der Waals surface area contributed by atoms with Crippen LogP contribution in [0, 0.1) is 0 Å². The van der Waals surface area contributed by atoms with Gasteiger partial charge in [0, 0.05) is 24.6 Å². The molecule has 20 heavy (non-hydrogen) atoms. The van der Waals surface area contributed by atoms with Gasteiger partial charge in [-0.2, -0.15) is 0 Å². The van der Waals surface area contributed by atoms with E-state index < -0.39 is 5.60 Å². The molecule has 0 atom stereocenters. The first kappa shape index (κ1) is 16.4. The Morgan fingerprint density at radius 2 is 1.85 bits per heavy atom. The molecule has 2 amide bonds. The molecule has 0 aromatic heterocycles. The number of hydrogen-bond acceptors (Lipinski definition) is 4. The van der Waals surface area contributed by atoms with Gasteiger partial charge in [-0.3, -0.25) is 19.3 Å². The number of carbonyl (C=O) groups excluding carboxylic acids is 3. The molecule has 0 N–H and O–H groups in total. The fraction of sp³-hybridized carbons (Fsp3) is 0.667. The van der Waals surface area contributed by atoms with E-state index in [2.05, 4.69) is 0 Å². The Morgan fingerprint density at radius 1 is 1.20 bits per heavy atom. The number of ether oxygens (including phenoxy) is 1. The molecule has 0 saturated carbocycles. The number of amides is 2. The summed E-state index contributed by atoms with van der Waals surface area (Å²) in [4.78, 5) is 35.8. The van der Waals surface area contributed by atoms with Gasteiger partial charge >= 0.3 is 5.97 Å². The number of imide groups is 1. The molecule has 0 bridgehead atoms. The number of nitrogens with zero attached hydrogens (tertiary/aromatic N) is 1. The minimum Gasteiger partial charge on any atom is -0.460 e. The summed E-state index contributed by atoms with van der Waals surface area (Å²) in [6.07, 6.45) is 3.94. The number of carbonyl (C=O) groups is 3. The highest BCUT2D eigenvalue weighted by molar-refractivity contribution is 6.15. The molecule has 5 nitrogen and oxygen atoms in total. The SMILES string of the molecule is CC1=CC(=O)N(CCCCCC(=O)OC(C)(C)C)C1=O. The van der Waals surface area contributed by atoms with Crippen LogP contribution in [0.1, 0.15) is 53.4 Å². The average molecular weight is 281 g/mol. The zero-order valence-corrected chi connectivity index (χ0v) is 12.7. The zero-order chi connectivity index (χ0) is 15.3. The highest BCUT2D eigenvalue weighted by atomic mass is 16.6. The van der Waals surface area contributed by atoms with Gasteiger partial charge in [0.05, 0.1) is 0 Å². The Kier molecular flexibility index (Phi) is 5.48. The molecule has 0 fully saturated rings. The third kappa shape index (κ3) is 5.15. The highest BCUT2D eigenvalue weighted by Gasteiger charge is 2.27. The Hall–Kier alpha value is -1.65. The van der Waals surface area contributed by atoms with Crippen LogP contribution in [0.25, 0.3) is 0 Å². The van der Waals surface area contributed by atoms with Gasteiger partial charge in [0.25, 0.3) is 11.8 Å². The maximum atomic E-state index is 11.6. The zero-order valence-electron chi connectivity index (χ0n) is 12.7. The number of rotatable bonds is 6. The maximum absolute atomic E-state index is 11.6. The summed E-state index contributed by atoms with van der Waals surface area (Å²) < 4.78 is 5.20. The van der Waals surface area contributed by atoms with Gasteiger partial charge in [-0.25, -0.2) is 0 Å². The van der Waals surface area contributed by atoms with Gasteiger partial charge in [-0.1, -0.05) is 6.42 Å². The van der Waals surface area contributed by atoms with Crippen LogP contribution in [-0.2, 0) is 19.1 Å². The van der Waals surface area contributed by atoms with Gasteiger partial charge in [-0.05, 0) is 40.5 Å². The first-order valence-corrected chi connectivity index (χ1v) is 6.96. The monoisotopic (exact) mass is 281 g/mol. The van der Waals surface area contributed by atoms with Crippen molar-refractivity contribution in [1.82, 2.24) is 4.90 Å². The van der Waals surface area contributed by atoms with E-state index in [0.717, 1.165) is 6.42 Å². The van der Waals surface area contributed by atoms with E-state index in [1.807, 2.05) is 20.8 Å². The number of hydrogen-bond donors (Lipinski definition) is 0. The van der Waals surface area contributed by atoms with Crippen molar-refractivity contribution >= 4 is 17.8 Å². The summed E-state index contributed by atoms with van der Waals surface area (Å²) in [6, 6.07) is 0. The van der Waals surface area contributed by atoms with Gasteiger partial charge in [0.2, 0.25) is 0 Å². The van der Waals surface area contributed by atoms with Crippen molar-refractivity contribution in [2.24, 2.45) is 0 Å². The summed E-state index contributed by atoms with van der Waals surface area (Å²) in [5.41, 5.74) is 0.0399. The van der Waals surface area contributed by atoms with Crippen LogP contribution in [-0.4, -0.2) is 34.8 Å². The molecule has 1 rings (SSSR count). The van der Waals surface area contributed by atoms with Gasteiger partial charge < -0.3 is 4.74 Å². The second-order valence-electron chi connectivity index (χ2n) is 6.02. The molecule has 5 heteroatoms. The van der Waals surface area contributed by atoms with Crippen LogP contribution in [0.4, 0.5) is 0 Å². The minimum absolute atomic E-state index is 0.205. The maximum Gasteiger partial charge on any atom is 0.306 e. The van der Waals surface area contributed by atoms with Gasteiger partial charge in [0.15, 0.2) is 0 Å². The molecule has 0 saturated heterocycles. The molecule has 112 valence electrons. The highest BCUT2D eigenvalue weighted by Crippen LogP contribution is 2.14. The summed E-state index contributed by atoms with van der Waals surface area (Å²) in [6.45, 7) is 7.57. The van der Waals surface area contributed by atoms with Crippen LogP contribution < -0.4 is 0 Å². The molecule has 0 unspecified atom stereocenters. The smallest absolute Gasteiger partial charge is 0.306 e. The van der Waals surface area contributed by atoms with Crippen LogP contribution in [0.15, 0.2) is 11.6 Å². The van der Waals surface area contributed by atoms with Gasteiger partial charge in [-0.15, -0.1) is 0 Å². The Balaban J connectivity index is 2.16. The molecule has 1 aliphatic heterocycles. The lowest BCUT2D eigenvalue weighted by molar-refractivity contribution is -0.155. The van der Waals surface area contributed by atoms with Crippen LogP contribution >= 0.6 is 0 Å². The normalized spacial score (nSPS) is 15.6. The molecular formula is C15H23NO4. The topological polar surface area (TPSA) is 63.7 Å². The second kappa shape index (κ2) is 6.68. The molecule has 1 heterocycles. The largest absolute Gasteiger partial charge is 0.460 e. The third-order valence-corrected chi connectivity index (χ3v) is 2.87. The molecule has 1 aliphatic rings. The molecule has 0 aromatic rings. The van der Waals surface area contributed by atoms with Crippen molar-refractivity contribution in [2.75, 3.05) is 6.54 Å². The Labute approximate surface area is 120 Å². The fourth-order valence-electron chi connectivity index (χ4n) is 1.96. The third-order valence-electron chi connectivity index (χ3n) is 2.87. The van der Waals surface area contributed by atoms with Crippen LogP contribution in [0.5, 0.6) is 0 Å². The molecular weight excluding hydrogens is 258 g/mol. The number of esters is 1. The van der Waals surface area contributed by atoms with Crippen molar-refractivity contribution in [2.45, 2.75) is 59.0 Å². The summed E-state index contributed by atoms with van der Waals surface area (Å²) >= 11 is 0.